The zero-order valence-corrected chi connectivity index (χ0v) is 14.1. The standard InChI is InChI=1S/C13H9F15O2/c1-5(2)6(29)30-4-8(16,17)11(23,24)13(27,28)12(25,26)10(21,22)7(14,15)3-9(18,19)20/h1,3-4H2,2H3. The Labute approximate surface area is 156 Å². The number of alkyl halides is 15. The highest BCUT2D eigenvalue weighted by atomic mass is 19.4. The van der Waals surface area contributed by atoms with Crippen LogP contribution in [-0.4, -0.2) is 54.3 Å². The van der Waals surface area contributed by atoms with Crippen molar-refractivity contribution in [1.82, 2.24) is 0 Å². The first-order valence-electron chi connectivity index (χ1n) is 6.95. The number of halogens is 15. The largest absolute Gasteiger partial charge is 0.456 e. The quantitative estimate of drug-likeness (QED) is 0.234. The molecule has 0 rings (SSSR count). The van der Waals surface area contributed by atoms with Crippen LogP contribution >= 0.6 is 0 Å². The van der Waals surface area contributed by atoms with Gasteiger partial charge in [-0.15, -0.1) is 0 Å². The van der Waals surface area contributed by atoms with Crippen molar-refractivity contribution in [3.8, 4) is 0 Å². The maximum Gasteiger partial charge on any atom is 0.395 e. The van der Waals surface area contributed by atoms with E-state index in [1.54, 1.807) is 0 Å². The van der Waals surface area contributed by atoms with Crippen molar-refractivity contribution in [2.45, 2.75) is 55.1 Å². The molecule has 0 unspecified atom stereocenters. The van der Waals surface area contributed by atoms with E-state index in [1.807, 2.05) is 0 Å². The molecule has 0 heterocycles. The second-order valence-corrected chi connectivity index (χ2v) is 5.85. The lowest BCUT2D eigenvalue weighted by Crippen LogP contribution is -2.71. The van der Waals surface area contributed by atoms with Gasteiger partial charge in [-0.3, -0.25) is 0 Å². The molecular weight excluding hydrogens is 473 g/mol. The Bertz CT molecular complexity index is 662. The van der Waals surface area contributed by atoms with Gasteiger partial charge in [-0.1, -0.05) is 6.58 Å². The molecule has 0 N–H and O–H groups in total. The second-order valence-electron chi connectivity index (χ2n) is 5.85. The summed E-state index contributed by atoms with van der Waals surface area (Å²) < 4.78 is 198. The van der Waals surface area contributed by atoms with Crippen LogP contribution in [0.25, 0.3) is 0 Å². The van der Waals surface area contributed by atoms with E-state index in [-0.39, 0.29) is 0 Å². The van der Waals surface area contributed by atoms with Crippen LogP contribution in [0.2, 0.25) is 0 Å². The van der Waals surface area contributed by atoms with E-state index in [9.17, 15) is 70.7 Å². The van der Waals surface area contributed by atoms with Gasteiger partial charge in [0.05, 0.1) is 0 Å². The predicted molar refractivity (Wildman–Crippen MR) is 66.1 cm³/mol. The normalized spacial score (nSPS) is 15.2. The molecule has 0 aromatic carbocycles. The summed E-state index contributed by atoms with van der Waals surface area (Å²) in [6.07, 6.45) is -10.5. The van der Waals surface area contributed by atoms with Gasteiger partial charge in [-0.05, 0) is 6.92 Å². The van der Waals surface area contributed by atoms with Gasteiger partial charge in [0.2, 0.25) is 0 Å². The van der Waals surface area contributed by atoms with E-state index in [0.717, 1.165) is 6.92 Å². The molecule has 178 valence electrons. The van der Waals surface area contributed by atoms with Crippen molar-refractivity contribution in [3.05, 3.63) is 12.2 Å². The van der Waals surface area contributed by atoms with Gasteiger partial charge in [0.1, 0.15) is 6.42 Å². The zero-order chi connectivity index (χ0) is 24.8. The number of carbonyl (C=O) groups excluding carboxylic acids is 1. The van der Waals surface area contributed by atoms with E-state index < -0.39 is 66.3 Å². The summed E-state index contributed by atoms with van der Waals surface area (Å²) in [5.41, 5.74) is -0.787. The molecule has 0 aliphatic rings. The predicted octanol–water partition coefficient (Wildman–Crippen LogP) is 5.87. The van der Waals surface area contributed by atoms with Crippen LogP contribution in [-0.2, 0) is 9.53 Å². The first kappa shape index (κ1) is 28.2. The van der Waals surface area contributed by atoms with Crippen LogP contribution in [0.4, 0.5) is 65.9 Å². The van der Waals surface area contributed by atoms with E-state index in [1.165, 1.54) is 0 Å². The van der Waals surface area contributed by atoms with Gasteiger partial charge >= 0.3 is 47.7 Å². The second kappa shape index (κ2) is 7.69. The highest BCUT2D eigenvalue weighted by Gasteiger charge is 2.90. The molecule has 0 spiro atoms. The number of carbonyl (C=O) groups is 1. The Morgan fingerprint density at radius 2 is 1.00 bits per heavy atom. The minimum atomic E-state index is -8.14. The maximum atomic E-state index is 13.4. The van der Waals surface area contributed by atoms with Crippen LogP contribution in [0.5, 0.6) is 0 Å². The fourth-order valence-corrected chi connectivity index (χ4v) is 1.59. The van der Waals surface area contributed by atoms with Crippen LogP contribution in [0, 0.1) is 0 Å². The Kier molecular flexibility index (Phi) is 7.22. The average molecular weight is 482 g/mol. The Morgan fingerprint density at radius 1 is 0.667 bits per heavy atom. The van der Waals surface area contributed by atoms with Crippen molar-refractivity contribution in [2.24, 2.45) is 0 Å². The first-order valence-corrected chi connectivity index (χ1v) is 6.95. The third-order valence-electron chi connectivity index (χ3n) is 3.26. The van der Waals surface area contributed by atoms with Gasteiger partial charge in [0, 0.05) is 5.57 Å². The van der Waals surface area contributed by atoms with Gasteiger partial charge in [-0.2, -0.15) is 65.9 Å². The minimum absolute atomic E-state index is 0.727. The highest BCUT2D eigenvalue weighted by molar-refractivity contribution is 5.86. The average Bonchev–Trinajstić information content (AvgIpc) is 2.49. The van der Waals surface area contributed by atoms with Crippen molar-refractivity contribution >= 4 is 5.97 Å². The van der Waals surface area contributed by atoms with E-state index >= 15 is 0 Å². The van der Waals surface area contributed by atoms with Crippen LogP contribution in [0.15, 0.2) is 12.2 Å². The smallest absolute Gasteiger partial charge is 0.395 e. The fraction of sp³-hybridized carbons (Fsp3) is 0.769. The molecule has 0 amide bonds. The molecule has 0 saturated carbocycles. The lowest BCUT2D eigenvalue weighted by atomic mass is 9.90. The lowest BCUT2D eigenvalue weighted by molar-refractivity contribution is -0.430. The van der Waals surface area contributed by atoms with Crippen LogP contribution < -0.4 is 0 Å². The van der Waals surface area contributed by atoms with Crippen LogP contribution in [0.1, 0.15) is 13.3 Å². The van der Waals surface area contributed by atoms with Crippen molar-refractivity contribution < 1.29 is 75.4 Å². The Hall–Kier alpha value is -1.84. The third-order valence-corrected chi connectivity index (χ3v) is 3.26. The molecule has 0 saturated heterocycles. The molecule has 17 heteroatoms. The number of ether oxygens (including phenoxy) is 1. The number of rotatable bonds is 9. The van der Waals surface area contributed by atoms with Gasteiger partial charge in [-0.25, -0.2) is 4.79 Å². The number of hydrogen-bond donors (Lipinski definition) is 0. The zero-order valence-electron chi connectivity index (χ0n) is 14.1. The molecule has 0 aliphatic carbocycles. The molecule has 0 aromatic rings. The lowest BCUT2D eigenvalue weighted by Gasteiger charge is -2.41. The van der Waals surface area contributed by atoms with E-state index in [2.05, 4.69) is 11.3 Å². The van der Waals surface area contributed by atoms with E-state index in [4.69, 9.17) is 0 Å². The van der Waals surface area contributed by atoms with Crippen molar-refractivity contribution in [2.75, 3.05) is 6.61 Å². The number of esters is 1. The summed E-state index contributed by atoms with van der Waals surface area (Å²) >= 11 is 0. The summed E-state index contributed by atoms with van der Waals surface area (Å²) in [6, 6.07) is 0. The molecule has 0 radical (unpaired) electrons. The SMILES string of the molecule is C=C(C)C(=O)OCC(F)(F)C(F)(F)C(F)(F)C(F)(F)C(F)(F)C(F)(F)CC(F)(F)F. The number of hydrogen-bond acceptors (Lipinski definition) is 2. The van der Waals surface area contributed by atoms with Gasteiger partial charge < -0.3 is 4.74 Å². The summed E-state index contributed by atoms with van der Waals surface area (Å²) in [5.74, 6) is -47.3. The van der Waals surface area contributed by atoms with Crippen molar-refractivity contribution in [3.63, 3.8) is 0 Å². The highest BCUT2D eigenvalue weighted by Crippen LogP contribution is 2.61. The Morgan fingerprint density at radius 3 is 1.30 bits per heavy atom. The molecule has 2 nitrogen and oxygen atoms in total. The Balaban J connectivity index is 6.21. The summed E-state index contributed by atoms with van der Waals surface area (Å²) in [4.78, 5) is 10.8. The fourth-order valence-electron chi connectivity index (χ4n) is 1.59. The van der Waals surface area contributed by atoms with Crippen molar-refractivity contribution in [1.29, 1.82) is 0 Å². The molecule has 0 atom stereocenters. The first-order chi connectivity index (χ1) is 12.8. The maximum absolute atomic E-state index is 13.4. The molecule has 0 aromatic heterocycles. The molecule has 30 heavy (non-hydrogen) atoms. The summed E-state index contributed by atoms with van der Waals surface area (Å²) in [5, 5.41) is 0. The van der Waals surface area contributed by atoms with E-state index in [0.29, 0.717) is 0 Å². The van der Waals surface area contributed by atoms with Gasteiger partial charge in [0.15, 0.2) is 6.61 Å². The van der Waals surface area contributed by atoms with Crippen LogP contribution in [0.3, 0.4) is 0 Å². The summed E-state index contributed by atoms with van der Waals surface area (Å²) in [6.45, 7) is 0.349. The minimum Gasteiger partial charge on any atom is -0.456 e. The molecule has 0 bridgehead atoms. The van der Waals surface area contributed by atoms with Gasteiger partial charge in [0.25, 0.3) is 0 Å². The molecular formula is C13H9F15O2. The molecule has 0 fully saturated rings. The molecule has 0 aliphatic heterocycles. The third kappa shape index (κ3) is 4.73. The topological polar surface area (TPSA) is 26.3 Å². The summed E-state index contributed by atoms with van der Waals surface area (Å²) in [7, 11) is 0. The monoisotopic (exact) mass is 482 g/mol.